The zero-order chi connectivity index (χ0) is 15.9. The molecule has 1 aromatic rings. The average Bonchev–Trinajstić information content (AvgIpc) is 2.59. The van der Waals surface area contributed by atoms with Gasteiger partial charge < -0.3 is 4.90 Å². The molecule has 0 radical (unpaired) electrons. The number of Topliss-reactive ketones (excluding diaryl/α,β-unsaturated/α-hetero) is 1. The number of hydrogen-bond donors (Lipinski definition) is 0. The maximum atomic E-state index is 12.3. The van der Waals surface area contributed by atoms with Gasteiger partial charge in [-0.05, 0) is 25.0 Å². The number of thioether (sulfide) groups is 1. The van der Waals surface area contributed by atoms with Gasteiger partial charge in [0.2, 0.25) is 5.91 Å². The van der Waals surface area contributed by atoms with Gasteiger partial charge in [-0.3, -0.25) is 9.59 Å². The van der Waals surface area contributed by atoms with Crippen LogP contribution < -0.4 is 0 Å². The fourth-order valence-corrected chi connectivity index (χ4v) is 3.68. The van der Waals surface area contributed by atoms with Gasteiger partial charge in [-0.15, -0.1) is 11.8 Å². The molecule has 0 atom stereocenters. The molecule has 0 aliphatic heterocycles. The van der Waals surface area contributed by atoms with E-state index in [9.17, 15) is 9.59 Å². The van der Waals surface area contributed by atoms with E-state index in [0.29, 0.717) is 18.2 Å². The molecule has 4 heteroatoms. The van der Waals surface area contributed by atoms with Gasteiger partial charge in [-0.2, -0.15) is 0 Å². The maximum absolute atomic E-state index is 12.3. The Morgan fingerprint density at radius 3 is 2.36 bits per heavy atom. The first-order chi connectivity index (χ1) is 10.6. The maximum Gasteiger partial charge on any atom is 0.232 e. The van der Waals surface area contributed by atoms with E-state index in [1.807, 2.05) is 43.1 Å². The van der Waals surface area contributed by atoms with E-state index in [1.54, 1.807) is 11.8 Å². The molecule has 1 aliphatic rings. The number of carbonyl (C=O) groups excluding carboxylic acids is 2. The predicted octanol–water partition coefficient (Wildman–Crippen LogP) is 4.16. The lowest BCUT2D eigenvalue weighted by Crippen LogP contribution is -2.39. The lowest BCUT2D eigenvalue weighted by molar-refractivity contribution is -0.129. The van der Waals surface area contributed by atoms with Gasteiger partial charge in [0, 0.05) is 30.0 Å². The van der Waals surface area contributed by atoms with E-state index in [4.69, 9.17) is 0 Å². The number of benzene rings is 1. The van der Waals surface area contributed by atoms with Gasteiger partial charge in [0.25, 0.3) is 0 Å². The summed E-state index contributed by atoms with van der Waals surface area (Å²) in [6.07, 6.45) is 6.58. The van der Waals surface area contributed by atoms with Crippen LogP contribution in [0.5, 0.6) is 0 Å². The van der Waals surface area contributed by atoms with Crippen molar-refractivity contribution in [2.45, 2.75) is 56.4 Å². The smallest absolute Gasteiger partial charge is 0.232 e. The van der Waals surface area contributed by atoms with Crippen molar-refractivity contribution in [1.82, 2.24) is 4.90 Å². The first kappa shape index (κ1) is 17.1. The third-order valence-electron chi connectivity index (χ3n) is 4.38. The summed E-state index contributed by atoms with van der Waals surface area (Å²) in [4.78, 5) is 26.8. The molecule has 22 heavy (non-hydrogen) atoms. The highest BCUT2D eigenvalue weighted by molar-refractivity contribution is 8.00. The van der Waals surface area contributed by atoms with Crippen molar-refractivity contribution in [1.29, 1.82) is 0 Å². The van der Waals surface area contributed by atoms with E-state index in [-0.39, 0.29) is 11.7 Å². The van der Waals surface area contributed by atoms with Crippen LogP contribution in [0.15, 0.2) is 29.2 Å². The number of nitrogens with zero attached hydrogens (tertiary/aromatic N) is 1. The molecule has 0 saturated heterocycles. The van der Waals surface area contributed by atoms with Gasteiger partial charge in [0.15, 0.2) is 5.78 Å². The molecular formula is C18H25NO2S. The van der Waals surface area contributed by atoms with E-state index < -0.39 is 0 Å². The number of rotatable bonds is 6. The minimum Gasteiger partial charge on any atom is -0.342 e. The van der Waals surface area contributed by atoms with E-state index >= 15 is 0 Å². The van der Waals surface area contributed by atoms with Gasteiger partial charge in [-0.25, -0.2) is 0 Å². The Labute approximate surface area is 137 Å². The molecule has 0 unspecified atom stereocenters. The number of ketones is 1. The zero-order valence-electron chi connectivity index (χ0n) is 13.5. The first-order valence-electron chi connectivity index (χ1n) is 8.13. The van der Waals surface area contributed by atoms with Crippen LogP contribution in [0, 0.1) is 0 Å². The monoisotopic (exact) mass is 319 g/mol. The minimum absolute atomic E-state index is 0.157. The molecule has 1 amide bonds. The van der Waals surface area contributed by atoms with Crippen LogP contribution in [0.3, 0.4) is 0 Å². The SMILES string of the molecule is CCC(=O)c1ccc(SCC(=O)N(C)C2CCCCC2)cc1. The highest BCUT2D eigenvalue weighted by Gasteiger charge is 2.21. The van der Waals surface area contributed by atoms with Crippen molar-refractivity contribution in [2.75, 3.05) is 12.8 Å². The molecule has 1 aliphatic carbocycles. The summed E-state index contributed by atoms with van der Waals surface area (Å²) >= 11 is 1.55. The number of carbonyl (C=O) groups is 2. The topological polar surface area (TPSA) is 37.4 Å². The van der Waals surface area contributed by atoms with Crippen LogP contribution in [0.4, 0.5) is 0 Å². The molecule has 1 saturated carbocycles. The lowest BCUT2D eigenvalue weighted by atomic mass is 9.94. The van der Waals surface area contributed by atoms with Crippen molar-refractivity contribution >= 4 is 23.5 Å². The largest absolute Gasteiger partial charge is 0.342 e. The third-order valence-corrected chi connectivity index (χ3v) is 5.37. The van der Waals surface area contributed by atoms with Gasteiger partial charge in [-0.1, -0.05) is 38.3 Å². The Hall–Kier alpha value is -1.29. The van der Waals surface area contributed by atoms with Crippen molar-refractivity contribution < 1.29 is 9.59 Å². The van der Waals surface area contributed by atoms with Crippen molar-refractivity contribution in [3.8, 4) is 0 Å². The van der Waals surface area contributed by atoms with Gasteiger partial charge in [0.1, 0.15) is 0 Å². The van der Waals surface area contributed by atoms with Crippen molar-refractivity contribution in [2.24, 2.45) is 0 Å². The molecule has 0 bridgehead atoms. The summed E-state index contributed by atoms with van der Waals surface area (Å²) < 4.78 is 0. The molecule has 1 aromatic carbocycles. The molecule has 0 aromatic heterocycles. The Morgan fingerprint density at radius 1 is 1.14 bits per heavy atom. The number of amides is 1. The standard InChI is InChI=1S/C18H25NO2S/c1-3-17(20)14-9-11-16(12-10-14)22-13-18(21)19(2)15-7-5-4-6-8-15/h9-12,15H,3-8,13H2,1-2H3. The van der Waals surface area contributed by atoms with Crippen LogP contribution in [0.1, 0.15) is 55.8 Å². The molecule has 2 rings (SSSR count). The summed E-state index contributed by atoms with van der Waals surface area (Å²) in [6.45, 7) is 1.87. The molecule has 0 N–H and O–H groups in total. The second-order valence-electron chi connectivity index (χ2n) is 5.89. The van der Waals surface area contributed by atoms with Crippen LogP contribution >= 0.6 is 11.8 Å². The van der Waals surface area contributed by atoms with E-state index in [1.165, 1.54) is 19.3 Å². The summed E-state index contributed by atoms with van der Waals surface area (Å²) in [5.41, 5.74) is 0.748. The van der Waals surface area contributed by atoms with Gasteiger partial charge >= 0.3 is 0 Å². The third kappa shape index (κ3) is 4.60. The Balaban J connectivity index is 1.83. The van der Waals surface area contributed by atoms with Crippen molar-refractivity contribution in [3.63, 3.8) is 0 Å². The quantitative estimate of drug-likeness (QED) is 0.583. The van der Waals surface area contributed by atoms with Crippen molar-refractivity contribution in [3.05, 3.63) is 29.8 Å². The summed E-state index contributed by atoms with van der Waals surface area (Å²) in [7, 11) is 1.93. The van der Waals surface area contributed by atoms with Crippen LogP contribution in [-0.4, -0.2) is 35.4 Å². The molecule has 120 valence electrons. The Bertz CT molecular complexity index is 506. The highest BCUT2D eigenvalue weighted by atomic mass is 32.2. The van der Waals surface area contributed by atoms with Gasteiger partial charge in [0.05, 0.1) is 5.75 Å². The lowest BCUT2D eigenvalue weighted by Gasteiger charge is -2.31. The second kappa shape index (κ2) is 8.37. The van der Waals surface area contributed by atoms with Crippen LogP contribution in [0.25, 0.3) is 0 Å². The Morgan fingerprint density at radius 2 is 1.77 bits per heavy atom. The molecule has 0 spiro atoms. The minimum atomic E-state index is 0.157. The van der Waals surface area contributed by atoms with E-state index in [0.717, 1.165) is 23.3 Å². The first-order valence-corrected chi connectivity index (χ1v) is 9.12. The average molecular weight is 319 g/mol. The normalized spacial score (nSPS) is 15.5. The van der Waals surface area contributed by atoms with Crippen LogP contribution in [-0.2, 0) is 4.79 Å². The van der Waals surface area contributed by atoms with E-state index in [2.05, 4.69) is 0 Å². The summed E-state index contributed by atoms with van der Waals surface area (Å²) in [6, 6.07) is 7.99. The fraction of sp³-hybridized carbons (Fsp3) is 0.556. The highest BCUT2D eigenvalue weighted by Crippen LogP contribution is 2.24. The van der Waals surface area contributed by atoms with Crippen LogP contribution in [0.2, 0.25) is 0 Å². The zero-order valence-corrected chi connectivity index (χ0v) is 14.3. The second-order valence-corrected chi connectivity index (χ2v) is 6.94. The molecule has 1 fully saturated rings. The molecule has 3 nitrogen and oxygen atoms in total. The fourth-order valence-electron chi connectivity index (χ4n) is 2.86. The summed E-state index contributed by atoms with van der Waals surface area (Å²) in [5, 5.41) is 0. The predicted molar refractivity (Wildman–Crippen MR) is 91.4 cm³/mol. The summed E-state index contributed by atoms with van der Waals surface area (Å²) in [5.74, 6) is 0.823. The number of hydrogen-bond acceptors (Lipinski definition) is 3. The Kier molecular flexibility index (Phi) is 6.49. The molecule has 0 heterocycles. The molecular weight excluding hydrogens is 294 g/mol.